The summed E-state index contributed by atoms with van der Waals surface area (Å²) in [7, 11) is 0. The number of piperazine rings is 1. The van der Waals surface area contributed by atoms with Crippen molar-refractivity contribution >= 4 is 29.2 Å². The molecule has 2 heterocycles. The van der Waals surface area contributed by atoms with E-state index in [0.717, 1.165) is 23.5 Å². The number of hydrogen-bond donors (Lipinski definition) is 2. The lowest BCUT2D eigenvalue weighted by Crippen LogP contribution is -2.48. The van der Waals surface area contributed by atoms with Gasteiger partial charge < -0.3 is 15.5 Å². The molecule has 6 nitrogen and oxygen atoms in total. The van der Waals surface area contributed by atoms with Gasteiger partial charge in [0.25, 0.3) is 5.91 Å². The lowest BCUT2D eigenvalue weighted by atomic mass is 10.1. The summed E-state index contributed by atoms with van der Waals surface area (Å²) in [5.74, 6) is 0.547. The Morgan fingerprint density at radius 3 is 2.88 bits per heavy atom. The first-order chi connectivity index (χ1) is 12.0. The van der Waals surface area contributed by atoms with E-state index in [0.29, 0.717) is 30.2 Å². The van der Waals surface area contributed by atoms with Crippen LogP contribution < -0.4 is 15.5 Å². The highest BCUT2D eigenvalue weighted by molar-refractivity contribution is 6.34. The molecule has 1 aromatic heterocycles. The van der Waals surface area contributed by atoms with E-state index in [2.05, 4.69) is 15.6 Å². The van der Waals surface area contributed by atoms with Crippen molar-refractivity contribution < 1.29 is 9.59 Å². The highest BCUT2D eigenvalue weighted by Gasteiger charge is 2.17. The van der Waals surface area contributed by atoms with E-state index < -0.39 is 0 Å². The van der Waals surface area contributed by atoms with Gasteiger partial charge in [-0.15, -0.1) is 0 Å². The summed E-state index contributed by atoms with van der Waals surface area (Å²) < 4.78 is 0. The fourth-order valence-electron chi connectivity index (χ4n) is 2.73. The fourth-order valence-corrected chi connectivity index (χ4v) is 3.04. The first-order valence-corrected chi connectivity index (χ1v) is 8.42. The molecule has 0 spiro atoms. The normalized spacial score (nSPS) is 14.2. The molecule has 1 fully saturated rings. The minimum Gasteiger partial charge on any atom is -0.353 e. The summed E-state index contributed by atoms with van der Waals surface area (Å²) in [4.78, 5) is 30.1. The molecule has 1 aromatic carbocycles. The van der Waals surface area contributed by atoms with Crippen LogP contribution in [0.25, 0.3) is 0 Å². The number of pyridine rings is 1. The molecule has 2 N–H and O–H groups in total. The van der Waals surface area contributed by atoms with Crippen molar-refractivity contribution in [2.45, 2.75) is 13.5 Å². The van der Waals surface area contributed by atoms with Gasteiger partial charge in [-0.05, 0) is 30.2 Å². The number of carbonyl (C=O) groups is 2. The van der Waals surface area contributed by atoms with Gasteiger partial charge in [0.1, 0.15) is 5.82 Å². The minimum absolute atomic E-state index is 0.000463. The molecule has 0 radical (unpaired) electrons. The van der Waals surface area contributed by atoms with Gasteiger partial charge in [-0.25, -0.2) is 4.98 Å². The second kappa shape index (κ2) is 7.53. The van der Waals surface area contributed by atoms with Crippen molar-refractivity contribution in [2.24, 2.45) is 0 Å². The molecule has 0 unspecified atom stereocenters. The highest BCUT2D eigenvalue weighted by atomic mass is 35.5. The lowest BCUT2D eigenvalue weighted by molar-refractivity contribution is -0.120. The number of hydrogen-bond acceptors (Lipinski definition) is 4. The Bertz CT molecular complexity index is 772. The molecule has 1 aliphatic rings. The van der Waals surface area contributed by atoms with E-state index in [9.17, 15) is 9.59 Å². The second-order valence-corrected chi connectivity index (χ2v) is 6.32. The molecule has 1 saturated heterocycles. The van der Waals surface area contributed by atoms with E-state index >= 15 is 0 Å². The number of aromatic nitrogens is 1. The smallest absolute Gasteiger partial charge is 0.253 e. The van der Waals surface area contributed by atoms with Crippen molar-refractivity contribution in [3.8, 4) is 0 Å². The van der Waals surface area contributed by atoms with Crippen LogP contribution in [0.1, 0.15) is 21.5 Å². The second-order valence-electron chi connectivity index (χ2n) is 5.91. The molecule has 25 heavy (non-hydrogen) atoms. The first kappa shape index (κ1) is 17.2. The Balaban J connectivity index is 1.62. The molecule has 2 amide bonds. The Labute approximate surface area is 151 Å². The number of benzene rings is 1. The third-order valence-electron chi connectivity index (χ3n) is 4.07. The van der Waals surface area contributed by atoms with Crippen LogP contribution in [-0.4, -0.2) is 36.4 Å². The Kier molecular flexibility index (Phi) is 5.19. The van der Waals surface area contributed by atoms with Crippen molar-refractivity contribution in [3.05, 3.63) is 58.2 Å². The van der Waals surface area contributed by atoms with Crippen molar-refractivity contribution in [3.63, 3.8) is 0 Å². The zero-order chi connectivity index (χ0) is 17.8. The first-order valence-electron chi connectivity index (χ1n) is 8.04. The van der Waals surface area contributed by atoms with E-state index in [4.69, 9.17) is 11.6 Å². The number of rotatable bonds is 4. The predicted octanol–water partition coefficient (Wildman–Crippen LogP) is 1.91. The van der Waals surface area contributed by atoms with Crippen LogP contribution in [0.4, 0.5) is 5.82 Å². The van der Waals surface area contributed by atoms with Gasteiger partial charge in [0.2, 0.25) is 5.91 Å². The van der Waals surface area contributed by atoms with Crippen molar-refractivity contribution in [1.82, 2.24) is 15.6 Å². The summed E-state index contributed by atoms with van der Waals surface area (Å²) in [6.07, 6.45) is 1.71. The van der Waals surface area contributed by atoms with Crippen LogP contribution in [0.15, 0.2) is 36.5 Å². The Morgan fingerprint density at radius 1 is 1.36 bits per heavy atom. The number of aryl methyl sites for hydroxylation is 1. The van der Waals surface area contributed by atoms with E-state index in [-0.39, 0.29) is 11.8 Å². The third kappa shape index (κ3) is 4.09. The lowest BCUT2D eigenvalue weighted by Gasteiger charge is -2.27. The molecule has 3 rings (SSSR count). The molecule has 0 saturated carbocycles. The number of halogens is 1. The zero-order valence-corrected chi connectivity index (χ0v) is 14.6. The van der Waals surface area contributed by atoms with Crippen molar-refractivity contribution in [2.75, 3.05) is 24.5 Å². The summed E-state index contributed by atoms with van der Waals surface area (Å²) in [6.45, 7) is 3.88. The van der Waals surface area contributed by atoms with E-state index in [1.165, 1.54) is 0 Å². The molecule has 1 aliphatic heterocycles. The van der Waals surface area contributed by atoms with Gasteiger partial charge in [-0.3, -0.25) is 9.59 Å². The highest BCUT2D eigenvalue weighted by Crippen LogP contribution is 2.19. The van der Waals surface area contributed by atoms with Crippen LogP contribution in [0.2, 0.25) is 5.02 Å². The predicted molar refractivity (Wildman–Crippen MR) is 96.8 cm³/mol. The maximum absolute atomic E-state index is 12.3. The monoisotopic (exact) mass is 358 g/mol. The molecule has 7 heteroatoms. The molecular weight excluding hydrogens is 340 g/mol. The quantitative estimate of drug-likeness (QED) is 0.875. The van der Waals surface area contributed by atoms with E-state index in [1.54, 1.807) is 12.3 Å². The van der Waals surface area contributed by atoms with Crippen LogP contribution in [0.5, 0.6) is 0 Å². The Morgan fingerprint density at radius 2 is 2.20 bits per heavy atom. The summed E-state index contributed by atoms with van der Waals surface area (Å²) in [6, 6.07) is 9.13. The number of nitrogens with one attached hydrogen (secondary N) is 2. The molecular formula is C18H19ClN4O2. The number of amides is 2. The SMILES string of the molecule is Cc1cccc(Cl)c1C(=O)NCc1ccc(N2CCNC(=O)C2)nc1. The minimum atomic E-state index is -0.208. The largest absolute Gasteiger partial charge is 0.353 e. The summed E-state index contributed by atoms with van der Waals surface area (Å²) in [5.41, 5.74) is 2.21. The number of carbonyl (C=O) groups excluding carboxylic acids is 2. The van der Waals surface area contributed by atoms with Crippen LogP contribution in [0.3, 0.4) is 0 Å². The van der Waals surface area contributed by atoms with E-state index in [1.807, 2.05) is 36.1 Å². The summed E-state index contributed by atoms with van der Waals surface area (Å²) >= 11 is 6.11. The zero-order valence-electron chi connectivity index (χ0n) is 13.9. The van der Waals surface area contributed by atoms with Gasteiger partial charge in [-0.2, -0.15) is 0 Å². The van der Waals surface area contributed by atoms with Crippen LogP contribution >= 0.6 is 11.6 Å². The van der Waals surface area contributed by atoms with Gasteiger partial charge in [-0.1, -0.05) is 29.8 Å². The molecule has 0 bridgehead atoms. The molecule has 0 atom stereocenters. The van der Waals surface area contributed by atoms with Gasteiger partial charge in [0.15, 0.2) is 0 Å². The topological polar surface area (TPSA) is 74.3 Å². The van der Waals surface area contributed by atoms with Crippen LogP contribution in [0, 0.1) is 6.92 Å². The third-order valence-corrected chi connectivity index (χ3v) is 4.39. The Hall–Kier alpha value is -2.60. The number of nitrogens with zero attached hydrogens (tertiary/aromatic N) is 2. The summed E-state index contributed by atoms with van der Waals surface area (Å²) in [5, 5.41) is 6.08. The molecule has 130 valence electrons. The van der Waals surface area contributed by atoms with Crippen LogP contribution in [-0.2, 0) is 11.3 Å². The van der Waals surface area contributed by atoms with Gasteiger partial charge >= 0.3 is 0 Å². The van der Waals surface area contributed by atoms with Crippen molar-refractivity contribution in [1.29, 1.82) is 0 Å². The maximum atomic E-state index is 12.3. The molecule has 2 aromatic rings. The standard InChI is InChI=1S/C18H19ClN4O2/c1-12-3-2-4-14(19)17(12)18(25)22-10-13-5-6-15(21-9-13)23-8-7-20-16(24)11-23/h2-6,9H,7-8,10-11H2,1H3,(H,20,24)(H,22,25). The maximum Gasteiger partial charge on any atom is 0.253 e. The molecule has 0 aliphatic carbocycles. The fraction of sp³-hybridized carbons (Fsp3) is 0.278. The number of anilines is 1. The average molecular weight is 359 g/mol. The van der Waals surface area contributed by atoms with Gasteiger partial charge in [0, 0.05) is 25.8 Å². The van der Waals surface area contributed by atoms with Gasteiger partial charge in [0.05, 0.1) is 17.1 Å². The average Bonchev–Trinajstić information content (AvgIpc) is 2.60.